The Kier molecular flexibility index (Phi) is 6.75. The normalized spacial score (nSPS) is 12.3. The van der Waals surface area contributed by atoms with Crippen molar-refractivity contribution in [2.24, 2.45) is 5.41 Å². The summed E-state index contributed by atoms with van der Waals surface area (Å²) in [6, 6.07) is 4.37. The third-order valence-electron chi connectivity index (χ3n) is 3.71. The van der Waals surface area contributed by atoms with Crippen LogP contribution in [0.25, 0.3) is 0 Å². The summed E-state index contributed by atoms with van der Waals surface area (Å²) in [7, 11) is 2.25. The molecular weight excluding hydrogens is 294 g/mol. The van der Waals surface area contributed by atoms with Crippen molar-refractivity contribution in [2.45, 2.75) is 33.1 Å². The summed E-state index contributed by atoms with van der Waals surface area (Å²) in [4.78, 5) is 3.97. The molecule has 1 nitrogen and oxygen atoms in total. The first-order valence-corrected chi connectivity index (χ1v) is 8.43. The second kappa shape index (κ2) is 7.55. The summed E-state index contributed by atoms with van der Waals surface area (Å²) in [6.45, 7) is 6.96. The van der Waals surface area contributed by atoms with E-state index in [0.29, 0.717) is 5.41 Å². The van der Waals surface area contributed by atoms with Gasteiger partial charge in [0.1, 0.15) is 0 Å². The average molecular weight is 318 g/mol. The Morgan fingerprint density at radius 3 is 2.53 bits per heavy atom. The largest absolute Gasteiger partial charge is 0.305 e. The predicted octanol–water partition coefficient (Wildman–Crippen LogP) is 4.42. The SMILES string of the molecule is CCC(CC)(CBr)CN(C)CCc1cccs1. The van der Waals surface area contributed by atoms with Crippen LogP contribution in [0.2, 0.25) is 0 Å². The highest BCUT2D eigenvalue weighted by Gasteiger charge is 2.26. The zero-order valence-electron chi connectivity index (χ0n) is 11.2. The maximum Gasteiger partial charge on any atom is 0.01000 e. The number of thiophene rings is 1. The molecule has 0 unspecified atom stereocenters. The lowest BCUT2D eigenvalue weighted by Crippen LogP contribution is -2.37. The third-order valence-corrected chi connectivity index (χ3v) is 5.83. The van der Waals surface area contributed by atoms with Crippen molar-refractivity contribution in [3.8, 4) is 0 Å². The molecule has 0 amide bonds. The minimum atomic E-state index is 0.449. The van der Waals surface area contributed by atoms with Gasteiger partial charge in [-0.15, -0.1) is 11.3 Å². The topological polar surface area (TPSA) is 3.24 Å². The number of alkyl halides is 1. The summed E-state index contributed by atoms with van der Waals surface area (Å²) in [6.07, 6.45) is 3.68. The molecular formula is C14H24BrNS. The highest BCUT2D eigenvalue weighted by atomic mass is 79.9. The highest BCUT2D eigenvalue weighted by molar-refractivity contribution is 9.09. The number of nitrogens with zero attached hydrogens (tertiary/aromatic N) is 1. The van der Waals surface area contributed by atoms with Crippen LogP contribution in [-0.2, 0) is 6.42 Å². The molecule has 0 aromatic carbocycles. The van der Waals surface area contributed by atoms with Gasteiger partial charge in [-0.05, 0) is 43.2 Å². The van der Waals surface area contributed by atoms with Crippen LogP contribution < -0.4 is 0 Å². The van der Waals surface area contributed by atoms with Gasteiger partial charge in [-0.1, -0.05) is 35.8 Å². The Morgan fingerprint density at radius 1 is 1.35 bits per heavy atom. The van der Waals surface area contributed by atoms with Crippen LogP contribution in [-0.4, -0.2) is 30.4 Å². The van der Waals surface area contributed by atoms with Crippen molar-refractivity contribution in [1.29, 1.82) is 0 Å². The Morgan fingerprint density at radius 2 is 2.06 bits per heavy atom. The van der Waals surface area contributed by atoms with Gasteiger partial charge in [-0.3, -0.25) is 0 Å². The lowest BCUT2D eigenvalue weighted by molar-refractivity contribution is 0.187. The van der Waals surface area contributed by atoms with Crippen LogP contribution in [0.3, 0.4) is 0 Å². The first-order valence-electron chi connectivity index (χ1n) is 6.42. The summed E-state index contributed by atoms with van der Waals surface area (Å²) >= 11 is 5.55. The van der Waals surface area contributed by atoms with Crippen LogP contribution in [0.4, 0.5) is 0 Å². The number of hydrogen-bond donors (Lipinski definition) is 0. The van der Waals surface area contributed by atoms with E-state index in [9.17, 15) is 0 Å². The Balaban J connectivity index is 2.39. The van der Waals surface area contributed by atoms with Crippen LogP contribution >= 0.6 is 27.3 Å². The molecule has 1 heterocycles. The molecule has 98 valence electrons. The van der Waals surface area contributed by atoms with Crippen molar-refractivity contribution in [3.05, 3.63) is 22.4 Å². The molecule has 0 N–H and O–H groups in total. The number of rotatable bonds is 8. The summed E-state index contributed by atoms with van der Waals surface area (Å²) < 4.78 is 0. The van der Waals surface area contributed by atoms with E-state index in [0.717, 1.165) is 11.9 Å². The maximum atomic E-state index is 3.69. The lowest BCUT2D eigenvalue weighted by Gasteiger charge is -2.34. The Labute approximate surface area is 118 Å². The van der Waals surface area contributed by atoms with Gasteiger partial charge in [0.2, 0.25) is 0 Å². The number of likely N-dealkylation sites (N-methyl/N-ethyl adjacent to an activating group) is 1. The fraction of sp³-hybridized carbons (Fsp3) is 0.714. The van der Waals surface area contributed by atoms with Gasteiger partial charge in [0, 0.05) is 23.3 Å². The first kappa shape index (κ1) is 15.2. The molecule has 1 aromatic heterocycles. The average Bonchev–Trinajstić information content (AvgIpc) is 2.87. The van der Waals surface area contributed by atoms with Crippen LogP contribution in [0, 0.1) is 5.41 Å². The van der Waals surface area contributed by atoms with Gasteiger partial charge < -0.3 is 4.90 Å². The molecule has 0 saturated carbocycles. The zero-order valence-corrected chi connectivity index (χ0v) is 13.6. The van der Waals surface area contributed by atoms with Gasteiger partial charge in [0.05, 0.1) is 0 Å². The summed E-state index contributed by atoms with van der Waals surface area (Å²) in [5, 5.41) is 3.27. The smallest absolute Gasteiger partial charge is 0.01000 e. The van der Waals surface area contributed by atoms with Gasteiger partial charge >= 0.3 is 0 Å². The molecule has 0 saturated heterocycles. The molecule has 0 radical (unpaired) electrons. The fourth-order valence-electron chi connectivity index (χ4n) is 2.11. The first-order chi connectivity index (χ1) is 8.15. The maximum absolute atomic E-state index is 3.69. The Bertz CT molecular complexity index is 285. The second-order valence-electron chi connectivity index (χ2n) is 4.91. The van der Waals surface area contributed by atoms with E-state index in [1.54, 1.807) is 0 Å². The van der Waals surface area contributed by atoms with Crippen LogP contribution in [0.5, 0.6) is 0 Å². The molecule has 0 aliphatic heterocycles. The molecule has 1 aromatic rings. The molecule has 0 bridgehead atoms. The van der Waals surface area contributed by atoms with Gasteiger partial charge in [-0.2, -0.15) is 0 Å². The van der Waals surface area contributed by atoms with Gasteiger partial charge in [0.25, 0.3) is 0 Å². The molecule has 0 atom stereocenters. The van der Waals surface area contributed by atoms with Crippen molar-refractivity contribution in [2.75, 3.05) is 25.5 Å². The standard InChI is InChI=1S/C14H24BrNS/c1-4-14(5-2,11-15)12-16(3)9-8-13-7-6-10-17-13/h6-7,10H,4-5,8-9,11-12H2,1-3H3. The Hall–Kier alpha value is 0.140. The molecule has 17 heavy (non-hydrogen) atoms. The van der Waals surface area contributed by atoms with Crippen molar-refractivity contribution < 1.29 is 0 Å². The van der Waals surface area contributed by atoms with Crippen LogP contribution in [0.15, 0.2) is 17.5 Å². The van der Waals surface area contributed by atoms with E-state index in [1.807, 2.05) is 11.3 Å². The minimum absolute atomic E-state index is 0.449. The second-order valence-corrected chi connectivity index (χ2v) is 6.50. The van der Waals surface area contributed by atoms with E-state index in [-0.39, 0.29) is 0 Å². The van der Waals surface area contributed by atoms with E-state index >= 15 is 0 Å². The van der Waals surface area contributed by atoms with Crippen molar-refractivity contribution in [1.82, 2.24) is 4.90 Å². The quantitative estimate of drug-likeness (QED) is 0.641. The summed E-state index contributed by atoms with van der Waals surface area (Å²) in [5.74, 6) is 0. The number of hydrogen-bond acceptors (Lipinski definition) is 2. The predicted molar refractivity (Wildman–Crippen MR) is 82.3 cm³/mol. The highest BCUT2D eigenvalue weighted by Crippen LogP contribution is 2.29. The lowest BCUT2D eigenvalue weighted by atomic mass is 9.84. The van der Waals surface area contributed by atoms with Gasteiger partial charge in [0.15, 0.2) is 0 Å². The monoisotopic (exact) mass is 317 g/mol. The van der Waals surface area contributed by atoms with E-state index in [4.69, 9.17) is 0 Å². The summed E-state index contributed by atoms with van der Waals surface area (Å²) in [5.41, 5.74) is 0.449. The third kappa shape index (κ3) is 4.72. The molecule has 0 spiro atoms. The molecule has 0 aliphatic carbocycles. The molecule has 0 fully saturated rings. The van der Waals surface area contributed by atoms with Crippen molar-refractivity contribution in [3.63, 3.8) is 0 Å². The minimum Gasteiger partial charge on any atom is -0.305 e. The number of halogens is 1. The van der Waals surface area contributed by atoms with Gasteiger partial charge in [-0.25, -0.2) is 0 Å². The van der Waals surface area contributed by atoms with Crippen molar-refractivity contribution >= 4 is 27.3 Å². The molecule has 3 heteroatoms. The zero-order chi connectivity index (χ0) is 12.7. The van der Waals surface area contributed by atoms with E-state index in [2.05, 4.69) is 59.2 Å². The molecule has 1 rings (SSSR count). The molecule has 0 aliphatic rings. The van der Waals surface area contributed by atoms with Crippen LogP contribution in [0.1, 0.15) is 31.6 Å². The van der Waals surface area contributed by atoms with E-state index in [1.165, 1.54) is 30.7 Å². The fourth-order valence-corrected chi connectivity index (χ4v) is 3.78. The van der Waals surface area contributed by atoms with E-state index < -0.39 is 0 Å².